The number of piperidine rings is 1. The van der Waals surface area contributed by atoms with Gasteiger partial charge in [0.25, 0.3) is 0 Å². The first-order valence-corrected chi connectivity index (χ1v) is 7.30. The number of hydrogen-bond acceptors (Lipinski definition) is 3. The molecule has 0 amide bonds. The lowest BCUT2D eigenvalue weighted by molar-refractivity contribution is -0.0234. The summed E-state index contributed by atoms with van der Waals surface area (Å²) in [7, 11) is 2.16. The number of rotatable bonds is 0. The second-order valence-corrected chi connectivity index (χ2v) is 6.53. The number of likely N-dealkylation sites (N-methyl/N-ethyl adjacent to an activating group) is 1. The molecule has 4 heteroatoms. The summed E-state index contributed by atoms with van der Waals surface area (Å²) in [6.07, 6.45) is 3.22. The summed E-state index contributed by atoms with van der Waals surface area (Å²) in [5.41, 5.74) is 7.40. The van der Waals surface area contributed by atoms with Gasteiger partial charge in [0.1, 0.15) is 11.4 Å². The molecule has 2 unspecified atom stereocenters. The van der Waals surface area contributed by atoms with Gasteiger partial charge in [0.15, 0.2) is 0 Å². The molecule has 2 heterocycles. The minimum Gasteiger partial charge on any atom is -0.486 e. The van der Waals surface area contributed by atoms with E-state index in [2.05, 4.69) is 33.9 Å². The van der Waals surface area contributed by atoms with Crippen LogP contribution in [-0.2, 0) is 0 Å². The molecule has 0 saturated carbocycles. The van der Waals surface area contributed by atoms with Crippen LogP contribution in [-0.4, -0.2) is 30.6 Å². The van der Waals surface area contributed by atoms with Crippen LogP contribution in [0.3, 0.4) is 0 Å². The maximum atomic E-state index is 6.35. The molecular formula is C14H19BrN2O. The fraction of sp³-hybridized carbons (Fsp3) is 0.571. The Balaban J connectivity index is 1.93. The molecule has 2 atom stereocenters. The van der Waals surface area contributed by atoms with Gasteiger partial charge >= 0.3 is 0 Å². The number of nitrogens with two attached hydrogens (primary N) is 1. The van der Waals surface area contributed by atoms with Crippen LogP contribution in [0.25, 0.3) is 0 Å². The molecule has 1 spiro atoms. The Labute approximate surface area is 116 Å². The van der Waals surface area contributed by atoms with Crippen LogP contribution in [0.5, 0.6) is 5.75 Å². The first-order valence-electron chi connectivity index (χ1n) is 6.51. The van der Waals surface area contributed by atoms with Crippen molar-refractivity contribution in [1.29, 1.82) is 0 Å². The lowest BCUT2D eigenvalue weighted by atomic mass is 9.82. The van der Waals surface area contributed by atoms with Gasteiger partial charge in [0.05, 0.1) is 0 Å². The van der Waals surface area contributed by atoms with Crippen LogP contribution < -0.4 is 10.5 Å². The van der Waals surface area contributed by atoms with Crippen LogP contribution in [0.15, 0.2) is 22.7 Å². The fourth-order valence-electron chi connectivity index (χ4n) is 3.26. The minimum atomic E-state index is -0.0761. The van der Waals surface area contributed by atoms with Gasteiger partial charge < -0.3 is 15.4 Å². The number of halogens is 1. The second kappa shape index (κ2) is 4.51. The molecule has 1 fully saturated rings. The largest absolute Gasteiger partial charge is 0.486 e. The third-order valence-corrected chi connectivity index (χ3v) is 4.51. The third-order valence-electron chi connectivity index (χ3n) is 4.02. The summed E-state index contributed by atoms with van der Waals surface area (Å²) in [4.78, 5) is 2.35. The Bertz CT molecular complexity index is 465. The van der Waals surface area contributed by atoms with Gasteiger partial charge in [-0.1, -0.05) is 15.9 Å². The van der Waals surface area contributed by atoms with Crippen molar-refractivity contribution in [2.45, 2.75) is 30.9 Å². The van der Waals surface area contributed by atoms with Gasteiger partial charge in [-0.3, -0.25) is 0 Å². The molecule has 3 nitrogen and oxygen atoms in total. The number of likely N-dealkylation sites (tertiary alicyclic amines) is 1. The summed E-state index contributed by atoms with van der Waals surface area (Å²) in [5, 5.41) is 0. The number of nitrogens with zero attached hydrogens (tertiary/aromatic N) is 1. The van der Waals surface area contributed by atoms with E-state index in [1.54, 1.807) is 0 Å². The molecule has 0 aromatic heterocycles. The average Bonchev–Trinajstić information content (AvgIpc) is 2.30. The molecule has 1 aromatic rings. The normalized spacial score (nSPS) is 32.1. The highest BCUT2D eigenvalue weighted by atomic mass is 79.9. The maximum absolute atomic E-state index is 6.35. The zero-order chi connectivity index (χ0) is 12.8. The molecule has 2 aliphatic rings. The Kier molecular flexibility index (Phi) is 3.12. The average molecular weight is 311 g/mol. The van der Waals surface area contributed by atoms with Crippen molar-refractivity contribution < 1.29 is 4.74 Å². The summed E-state index contributed by atoms with van der Waals surface area (Å²) < 4.78 is 7.38. The van der Waals surface area contributed by atoms with Crippen molar-refractivity contribution in [2.24, 2.45) is 5.73 Å². The van der Waals surface area contributed by atoms with Crippen LogP contribution in [0.1, 0.15) is 30.9 Å². The number of hydrogen-bond donors (Lipinski definition) is 1. The Hall–Kier alpha value is -0.580. The van der Waals surface area contributed by atoms with Crippen molar-refractivity contribution in [3.63, 3.8) is 0 Å². The molecular weight excluding hydrogens is 292 g/mol. The van der Waals surface area contributed by atoms with Crippen LogP contribution >= 0.6 is 15.9 Å². The highest BCUT2D eigenvalue weighted by molar-refractivity contribution is 9.10. The van der Waals surface area contributed by atoms with E-state index in [0.717, 1.165) is 41.7 Å². The molecule has 2 N–H and O–H groups in total. The number of fused-ring (bicyclic) bond motifs is 1. The van der Waals surface area contributed by atoms with E-state index < -0.39 is 0 Å². The monoisotopic (exact) mass is 310 g/mol. The highest BCUT2D eigenvalue weighted by Crippen LogP contribution is 2.43. The number of ether oxygens (including phenoxy) is 1. The molecule has 18 heavy (non-hydrogen) atoms. The third kappa shape index (κ3) is 2.17. The zero-order valence-electron chi connectivity index (χ0n) is 10.7. The Morgan fingerprint density at radius 2 is 2.33 bits per heavy atom. The van der Waals surface area contributed by atoms with E-state index in [4.69, 9.17) is 10.5 Å². The maximum Gasteiger partial charge on any atom is 0.125 e. The van der Waals surface area contributed by atoms with Crippen molar-refractivity contribution in [3.8, 4) is 5.75 Å². The summed E-state index contributed by atoms with van der Waals surface area (Å²) in [6, 6.07) is 6.23. The lowest BCUT2D eigenvalue weighted by Crippen LogP contribution is -2.53. The summed E-state index contributed by atoms with van der Waals surface area (Å²) >= 11 is 3.50. The lowest BCUT2D eigenvalue weighted by Gasteiger charge is -2.46. The van der Waals surface area contributed by atoms with Crippen molar-refractivity contribution in [2.75, 3.05) is 20.1 Å². The van der Waals surface area contributed by atoms with E-state index in [9.17, 15) is 0 Å². The fourth-order valence-corrected chi connectivity index (χ4v) is 3.64. The van der Waals surface area contributed by atoms with Crippen molar-refractivity contribution in [1.82, 2.24) is 4.90 Å². The predicted octanol–water partition coefficient (Wildman–Crippen LogP) is 2.70. The van der Waals surface area contributed by atoms with Crippen LogP contribution in [0.4, 0.5) is 0 Å². The predicted molar refractivity (Wildman–Crippen MR) is 75.8 cm³/mol. The first-order chi connectivity index (χ1) is 8.58. The molecule has 3 rings (SSSR count). The molecule has 1 saturated heterocycles. The highest BCUT2D eigenvalue weighted by Gasteiger charge is 2.42. The smallest absolute Gasteiger partial charge is 0.125 e. The topological polar surface area (TPSA) is 38.5 Å². The Morgan fingerprint density at radius 1 is 1.50 bits per heavy atom. The van der Waals surface area contributed by atoms with E-state index in [0.29, 0.717) is 0 Å². The van der Waals surface area contributed by atoms with Gasteiger partial charge in [-0.05, 0) is 44.6 Å². The zero-order valence-corrected chi connectivity index (χ0v) is 12.2. The van der Waals surface area contributed by atoms with Crippen molar-refractivity contribution >= 4 is 15.9 Å². The van der Waals surface area contributed by atoms with Crippen LogP contribution in [0.2, 0.25) is 0 Å². The van der Waals surface area contributed by atoms with Gasteiger partial charge in [-0.15, -0.1) is 0 Å². The molecule has 0 bridgehead atoms. The van der Waals surface area contributed by atoms with E-state index in [1.165, 1.54) is 6.42 Å². The van der Waals surface area contributed by atoms with Gasteiger partial charge in [0.2, 0.25) is 0 Å². The SMILES string of the molecule is CN1CCCC2(CC(N)c3cc(Br)ccc3O2)C1. The Morgan fingerprint density at radius 3 is 3.11 bits per heavy atom. The second-order valence-electron chi connectivity index (χ2n) is 5.62. The van der Waals surface area contributed by atoms with Crippen LogP contribution in [0, 0.1) is 0 Å². The summed E-state index contributed by atoms with van der Waals surface area (Å²) in [5.74, 6) is 0.965. The first kappa shape index (κ1) is 12.5. The molecule has 0 aliphatic carbocycles. The molecule has 98 valence electrons. The summed E-state index contributed by atoms with van der Waals surface area (Å²) in [6.45, 7) is 2.14. The number of benzene rings is 1. The van der Waals surface area contributed by atoms with E-state index in [-0.39, 0.29) is 11.6 Å². The van der Waals surface area contributed by atoms with Gasteiger partial charge in [-0.2, -0.15) is 0 Å². The molecule has 0 radical (unpaired) electrons. The van der Waals surface area contributed by atoms with E-state index >= 15 is 0 Å². The quantitative estimate of drug-likeness (QED) is 0.800. The van der Waals surface area contributed by atoms with Gasteiger partial charge in [-0.25, -0.2) is 0 Å². The minimum absolute atomic E-state index is 0.0761. The molecule has 2 aliphatic heterocycles. The van der Waals surface area contributed by atoms with E-state index in [1.807, 2.05) is 12.1 Å². The van der Waals surface area contributed by atoms with Gasteiger partial charge in [0, 0.05) is 29.0 Å². The molecule has 1 aromatic carbocycles. The standard InChI is InChI=1S/C14H19BrN2O/c1-17-6-2-5-14(9-17)8-12(16)11-7-10(15)3-4-13(11)18-14/h3-4,7,12H,2,5-6,8-9,16H2,1H3. The van der Waals surface area contributed by atoms with Crippen molar-refractivity contribution in [3.05, 3.63) is 28.2 Å².